The number of hydrogen-bond acceptors (Lipinski definition) is 8. The zero-order chi connectivity index (χ0) is 22.3. The number of hydrogen-bond donors (Lipinski definition) is 0. The Hall–Kier alpha value is -2.68. The number of rotatable bonds is 6. The Labute approximate surface area is 177 Å². The summed E-state index contributed by atoms with van der Waals surface area (Å²) < 4.78 is 15.5. The van der Waals surface area contributed by atoms with Gasteiger partial charge in [-0.25, -0.2) is 19.4 Å². The van der Waals surface area contributed by atoms with E-state index in [9.17, 15) is 14.4 Å². The molecule has 0 radical (unpaired) electrons. The largest absolute Gasteiger partial charge is 0.461 e. The fourth-order valence-corrected chi connectivity index (χ4v) is 2.97. The summed E-state index contributed by atoms with van der Waals surface area (Å²) in [6.45, 7) is 12.2. The number of pyridine rings is 1. The van der Waals surface area contributed by atoms with Gasteiger partial charge in [0, 0.05) is 32.7 Å². The molecule has 0 spiro atoms. The van der Waals surface area contributed by atoms with Gasteiger partial charge in [-0.15, -0.1) is 0 Å². The quantitative estimate of drug-likeness (QED) is 0.510. The van der Waals surface area contributed by atoms with Gasteiger partial charge in [-0.3, -0.25) is 4.90 Å². The SMILES string of the molecule is CCOC(=O)c1cc(CN2CCN(C(=O)OC(C)(C)C)CC2)cc(C(=O)OCC)n1. The van der Waals surface area contributed by atoms with Crippen LogP contribution in [0.4, 0.5) is 4.79 Å². The van der Waals surface area contributed by atoms with Crippen molar-refractivity contribution in [2.24, 2.45) is 0 Å². The van der Waals surface area contributed by atoms with Crippen LogP contribution in [-0.4, -0.2) is 77.8 Å². The minimum Gasteiger partial charge on any atom is -0.461 e. The Morgan fingerprint density at radius 2 is 1.43 bits per heavy atom. The standard InChI is InChI=1S/C21H31N3O6/c1-6-28-18(25)16-12-15(13-17(22-16)19(26)29-7-2)14-23-8-10-24(11-9-23)20(27)30-21(3,4)5/h12-13H,6-11,14H2,1-5H3. The second-order valence-electron chi connectivity index (χ2n) is 7.93. The van der Waals surface area contributed by atoms with Crippen molar-refractivity contribution in [1.29, 1.82) is 0 Å². The van der Waals surface area contributed by atoms with Crippen molar-refractivity contribution in [2.75, 3.05) is 39.4 Å². The summed E-state index contributed by atoms with van der Waals surface area (Å²) in [5.74, 6) is -1.17. The third-order valence-corrected chi connectivity index (χ3v) is 4.28. The first-order valence-electron chi connectivity index (χ1n) is 10.2. The predicted octanol–water partition coefficient (Wildman–Crippen LogP) is 2.49. The summed E-state index contributed by atoms with van der Waals surface area (Å²) in [5.41, 5.74) is 0.370. The average Bonchev–Trinajstić information content (AvgIpc) is 2.67. The second kappa shape index (κ2) is 10.4. The lowest BCUT2D eigenvalue weighted by molar-refractivity contribution is 0.0138. The molecular formula is C21H31N3O6. The minimum absolute atomic E-state index is 0.0739. The van der Waals surface area contributed by atoms with Crippen LogP contribution in [0.3, 0.4) is 0 Å². The van der Waals surface area contributed by atoms with Crippen molar-refractivity contribution in [3.8, 4) is 0 Å². The topological polar surface area (TPSA) is 98.3 Å². The van der Waals surface area contributed by atoms with Crippen LogP contribution in [0.5, 0.6) is 0 Å². The first-order valence-corrected chi connectivity index (χ1v) is 10.2. The average molecular weight is 421 g/mol. The zero-order valence-corrected chi connectivity index (χ0v) is 18.4. The molecule has 0 saturated carbocycles. The molecule has 0 unspecified atom stereocenters. The van der Waals surface area contributed by atoms with Gasteiger partial charge < -0.3 is 19.1 Å². The van der Waals surface area contributed by atoms with Gasteiger partial charge in [-0.1, -0.05) is 0 Å². The molecular weight excluding hydrogens is 390 g/mol. The molecule has 166 valence electrons. The van der Waals surface area contributed by atoms with Crippen molar-refractivity contribution < 1.29 is 28.6 Å². The van der Waals surface area contributed by atoms with Crippen LogP contribution < -0.4 is 0 Å². The first-order chi connectivity index (χ1) is 14.1. The van der Waals surface area contributed by atoms with Crippen molar-refractivity contribution >= 4 is 18.0 Å². The summed E-state index contributed by atoms with van der Waals surface area (Å²) in [6.07, 6.45) is -0.319. The molecule has 0 N–H and O–H groups in total. The van der Waals surface area contributed by atoms with Crippen molar-refractivity contribution in [1.82, 2.24) is 14.8 Å². The van der Waals surface area contributed by atoms with Gasteiger partial charge in [0.15, 0.2) is 0 Å². The van der Waals surface area contributed by atoms with E-state index >= 15 is 0 Å². The smallest absolute Gasteiger partial charge is 0.410 e. The molecule has 1 aromatic rings. The van der Waals surface area contributed by atoms with E-state index in [1.54, 1.807) is 30.9 Å². The maximum absolute atomic E-state index is 12.2. The monoisotopic (exact) mass is 421 g/mol. The number of ether oxygens (including phenoxy) is 3. The van der Waals surface area contributed by atoms with Gasteiger partial charge in [0.2, 0.25) is 0 Å². The van der Waals surface area contributed by atoms with E-state index in [1.807, 2.05) is 20.8 Å². The molecule has 2 heterocycles. The lowest BCUT2D eigenvalue weighted by Crippen LogP contribution is -2.49. The number of carbonyl (C=O) groups excluding carboxylic acids is 3. The van der Waals surface area contributed by atoms with E-state index < -0.39 is 17.5 Å². The highest BCUT2D eigenvalue weighted by atomic mass is 16.6. The van der Waals surface area contributed by atoms with Gasteiger partial charge in [-0.2, -0.15) is 0 Å². The van der Waals surface area contributed by atoms with Crippen LogP contribution in [-0.2, 0) is 20.8 Å². The van der Waals surface area contributed by atoms with E-state index in [0.29, 0.717) is 32.7 Å². The number of amides is 1. The third kappa shape index (κ3) is 6.98. The van der Waals surface area contributed by atoms with E-state index in [-0.39, 0.29) is 30.7 Å². The number of aromatic nitrogens is 1. The molecule has 1 saturated heterocycles. The van der Waals surface area contributed by atoms with Gasteiger partial charge in [0.1, 0.15) is 17.0 Å². The van der Waals surface area contributed by atoms with Crippen LogP contribution in [0.15, 0.2) is 12.1 Å². The fourth-order valence-electron chi connectivity index (χ4n) is 2.97. The van der Waals surface area contributed by atoms with Gasteiger partial charge in [0.05, 0.1) is 13.2 Å². The van der Waals surface area contributed by atoms with Crippen LogP contribution in [0.25, 0.3) is 0 Å². The van der Waals surface area contributed by atoms with E-state index in [4.69, 9.17) is 14.2 Å². The lowest BCUT2D eigenvalue weighted by Gasteiger charge is -2.35. The fraction of sp³-hybridized carbons (Fsp3) is 0.619. The molecule has 9 nitrogen and oxygen atoms in total. The summed E-state index contributed by atoms with van der Waals surface area (Å²) in [7, 11) is 0. The molecule has 0 atom stereocenters. The Morgan fingerprint density at radius 3 is 1.87 bits per heavy atom. The molecule has 1 aliphatic heterocycles. The van der Waals surface area contributed by atoms with Crippen molar-refractivity contribution in [3.63, 3.8) is 0 Å². The highest BCUT2D eigenvalue weighted by Crippen LogP contribution is 2.15. The Kier molecular flexibility index (Phi) is 8.16. The molecule has 1 aromatic heterocycles. The predicted molar refractivity (Wildman–Crippen MR) is 109 cm³/mol. The maximum Gasteiger partial charge on any atom is 0.410 e. The van der Waals surface area contributed by atoms with E-state index in [0.717, 1.165) is 5.56 Å². The summed E-state index contributed by atoms with van der Waals surface area (Å²) in [4.78, 5) is 44.4. The van der Waals surface area contributed by atoms with Crippen LogP contribution >= 0.6 is 0 Å². The number of esters is 2. The summed E-state index contributed by atoms with van der Waals surface area (Å²) in [6, 6.07) is 3.25. The van der Waals surface area contributed by atoms with E-state index in [2.05, 4.69) is 9.88 Å². The number of piperazine rings is 1. The highest BCUT2D eigenvalue weighted by molar-refractivity contribution is 5.92. The normalized spacial score (nSPS) is 14.9. The Balaban J connectivity index is 2.07. The Morgan fingerprint density at radius 1 is 0.933 bits per heavy atom. The molecule has 30 heavy (non-hydrogen) atoms. The van der Waals surface area contributed by atoms with Crippen molar-refractivity contribution in [3.05, 3.63) is 29.1 Å². The molecule has 1 fully saturated rings. The number of nitrogens with zero attached hydrogens (tertiary/aromatic N) is 3. The molecule has 0 bridgehead atoms. The maximum atomic E-state index is 12.2. The zero-order valence-electron chi connectivity index (χ0n) is 18.4. The van der Waals surface area contributed by atoms with Gasteiger partial charge >= 0.3 is 18.0 Å². The molecule has 2 rings (SSSR count). The number of carbonyl (C=O) groups is 3. The van der Waals surface area contributed by atoms with E-state index in [1.165, 1.54) is 0 Å². The van der Waals surface area contributed by atoms with Crippen LogP contribution in [0.1, 0.15) is 61.2 Å². The summed E-state index contributed by atoms with van der Waals surface area (Å²) in [5, 5.41) is 0. The summed E-state index contributed by atoms with van der Waals surface area (Å²) >= 11 is 0. The van der Waals surface area contributed by atoms with Gasteiger partial charge in [-0.05, 0) is 52.3 Å². The molecule has 1 amide bonds. The second-order valence-corrected chi connectivity index (χ2v) is 7.93. The lowest BCUT2D eigenvalue weighted by atomic mass is 10.1. The first kappa shape index (κ1) is 23.6. The highest BCUT2D eigenvalue weighted by Gasteiger charge is 2.26. The van der Waals surface area contributed by atoms with Crippen LogP contribution in [0, 0.1) is 0 Å². The van der Waals surface area contributed by atoms with Gasteiger partial charge in [0.25, 0.3) is 0 Å². The molecule has 0 aliphatic carbocycles. The third-order valence-electron chi connectivity index (χ3n) is 4.28. The van der Waals surface area contributed by atoms with Crippen LogP contribution in [0.2, 0.25) is 0 Å². The minimum atomic E-state index is -0.584. The molecule has 0 aromatic carbocycles. The molecule has 9 heteroatoms. The Bertz CT molecular complexity index is 730. The molecule has 1 aliphatic rings. The van der Waals surface area contributed by atoms with Crippen molar-refractivity contribution in [2.45, 2.75) is 46.8 Å².